The van der Waals surface area contributed by atoms with Crippen LogP contribution in [0.4, 0.5) is 0 Å². The molecule has 2 atom stereocenters. The summed E-state index contributed by atoms with van der Waals surface area (Å²) in [6.45, 7) is 4.02. The molecule has 0 unspecified atom stereocenters. The average molecular weight is 250 g/mol. The van der Waals surface area contributed by atoms with E-state index in [0.717, 1.165) is 12.8 Å². The summed E-state index contributed by atoms with van der Waals surface area (Å²) in [5.41, 5.74) is 0.530. The molecule has 0 aliphatic rings. The molecule has 0 aromatic heterocycles. The predicted molar refractivity (Wildman–Crippen MR) is 71.5 cm³/mol. The number of hydrogen-bond donors (Lipinski definition) is 1. The highest BCUT2D eigenvalue weighted by Gasteiger charge is 2.22. The number of ether oxygens (including phenoxy) is 1. The third kappa shape index (κ3) is 4.49. The summed E-state index contributed by atoms with van der Waals surface area (Å²) in [4.78, 5) is 11.9. The monoisotopic (exact) mass is 250 g/mol. The normalized spacial score (nSPS) is 13.9. The second-order valence-corrected chi connectivity index (χ2v) is 4.45. The minimum absolute atomic E-state index is 0.357. The number of carbonyl (C=O) groups excluding carboxylic acids is 1. The van der Waals surface area contributed by atoms with E-state index in [1.807, 2.05) is 19.9 Å². The van der Waals surface area contributed by atoms with Crippen molar-refractivity contribution >= 4 is 5.97 Å². The fraction of sp³-hybridized carbons (Fsp3) is 0.533. The fourth-order valence-corrected chi connectivity index (χ4v) is 1.88. The zero-order valence-corrected chi connectivity index (χ0v) is 11.1. The molecule has 1 rings (SSSR count). The molecule has 1 aromatic rings. The van der Waals surface area contributed by atoms with E-state index < -0.39 is 12.2 Å². The van der Waals surface area contributed by atoms with Gasteiger partial charge >= 0.3 is 5.97 Å². The Bertz CT molecular complexity index is 348. The predicted octanol–water partition coefficient (Wildman–Crippen LogP) is 3.17. The maximum absolute atomic E-state index is 11.9. The third-order valence-corrected chi connectivity index (χ3v) is 2.85. The third-order valence-electron chi connectivity index (χ3n) is 2.85. The summed E-state index contributed by atoms with van der Waals surface area (Å²) in [5.74, 6) is -0.357. The number of esters is 1. The largest absolute Gasteiger partial charge is 0.456 e. The standard InChI is InChI=1S/C15H22O3/c1-3-8-13(16)14(9-4-2)18-15(17)12-10-6-5-7-11-12/h5-7,10-11,13-14,16H,3-4,8-9H2,1-2H3/t13-,14-/m1/s1. The molecule has 0 aliphatic carbocycles. The van der Waals surface area contributed by atoms with Crippen molar-refractivity contribution in [2.45, 2.75) is 51.7 Å². The first kappa shape index (κ1) is 14.7. The van der Waals surface area contributed by atoms with Crippen LogP contribution in [0, 0.1) is 0 Å². The van der Waals surface area contributed by atoms with Crippen molar-refractivity contribution in [1.82, 2.24) is 0 Å². The summed E-state index contributed by atoms with van der Waals surface area (Å²) in [6, 6.07) is 8.89. The van der Waals surface area contributed by atoms with Crippen molar-refractivity contribution in [3.05, 3.63) is 35.9 Å². The van der Waals surface area contributed by atoms with Crippen molar-refractivity contribution < 1.29 is 14.6 Å². The van der Waals surface area contributed by atoms with Gasteiger partial charge < -0.3 is 9.84 Å². The van der Waals surface area contributed by atoms with Gasteiger partial charge in [-0.2, -0.15) is 0 Å². The number of aliphatic hydroxyl groups excluding tert-OH is 1. The minimum atomic E-state index is -0.567. The summed E-state index contributed by atoms with van der Waals surface area (Å²) in [7, 11) is 0. The number of aliphatic hydroxyl groups is 1. The summed E-state index contributed by atoms with van der Waals surface area (Å²) in [6.07, 6.45) is 2.15. The molecule has 0 aliphatic heterocycles. The molecule has 1 N–H and O–H groups in total. The summed E-state index contributed by atoms with van der Waals surface area (Å²) >= 11 is 0. The van der Waals surface area contributed by atoms with E-state index in [0.29, 0.717) is 18.4 Å². The Hall–Kier alpha value is -1.35. The van der Waals surface area contributed by atoms with Gasteiger partial charge in [0.1, 0.15) is 6.10 Å². The van der Waals surface area contributed by atoms with Crippen LogP contribution in [-0.4, -0.2) is 23.3 Å². The Morgan fingerprint density at radius 1 is 1.17 bits per heavy atom. The van der Waals surface area contributed by atoms with Crippen LogP contribution in [0.3, 0.4) is 0 Å². The van der Waals surface area contributed by atoms with E-state index in [4.69, 9.17) is 4.74 Å². The first-order chi connectivity index (χ1) is 8.69. The average Bonchev–Trinajstić information content (AvgIpc) is 2.39. The molecule has 3 heteroatoms. The lowest BCUT2D eigenvalue weighted by atomic mass is 10.0. The molecule has 0 amide bonds. The van der Waals surface area contributed by atoms with E-state index in [1.54, 1.807) is 24.3 Å². The van der Waals surface area contributed by atoms with Gasteiger partial charge in [0.2, 0.25) is 0 Å². The number of carbonyl (C=O) groups is 1. The lowest BCUT2D eigenvalue weighted by Crippen LogP contribution is -2.31. The van der Waals surface area contributed by atoms with Crippen molar-refractivity contribution in [1.29, 1.82) is 0 Å². The summed E-state index contributed by atoms with van der Waals surface area (Å²) < 4.78 is 5.40. The van der Waals surface area contributed by atoms with Gasteiger partial charge in [0.05, 0.1) is 11.7 Å². The first-order valence-corrected chi connectivity index (χ1v) is 6.63. The highest BCUT2D eigenvalue weighted by atomic mass is 16.6. The van der Waals surface area contributed by atoms with Crippen LogP contribution in [0.25, 0.3) is 0 Å². The van der Waals surface area contributed by atoms with Gasteiger partial charge in [0.15, 0.2) is 0 Å². The molecule has 0 spiro atoms. The van der Waals surface area contributed by atoms with E-state index >= 15 is 0 Å². The Morgan fingerprint density at radius 3 is 2.33 bits per heavy atom. The van der Waals surface area contributed by atoms with Crippen LogP contribution in [0.2, 0.25) is 0 Å². The van der Waals surface area contributed by atoms with Crippen LogP contribution >= 0.6 is 0 Å². The Morgan fingerprint density at radius 2 is 1.78 bits per heavy atom. The first-order valence-electron chi connectivity index (χ1n) is 6.63. The van der Waals surface area contributed by atoms with Gasteiger partial charge in [-0.1, -0.05) is 44.9 Å². The Balaban J connectivity index is 2.63. The van der Waals surface area contributed by atoms with Crippen LogP contribution in [0.5, 0.6) is 0 Å². The number of hydrogen-bond acceptors (Lipinski definition) is 3. The van der Waals surface area contributed by atoms with Crippen LogP contribution in [-0.2, 0) is 4.74 Å². The zero-order valence-electron chi connectivity index (χ0n) is 11.1. The molecule has 0 bridgehead atoms. The van der Waals surface area contributed by atoms with Gasteiger partial charge in [-0.3, -0.25) is 0 Å². The van der Waals surface area contributed by atoms with Crippen LogP contribution in [0.1, 0.15) is 49.9 Å². The van der Waals surface area contributed by atoms with Crippen molar-refractivity contribution in [2.24, 2.45) is 0 Å². The topological polar surface area (TPSA) is 46.5 Å². The highest BCUT2D eigenvalue weighted by Crippen LogP contribution is 2.14. The molecule has 3 nitrogen and oxygen atoms in total. The molecule has 0 radical (unpaired) electrons. The Labute approximate surface area is 109 Å². The molecular formula is C15H22O3. The molecule has 0 heterocycles. The van der Waals surface area contributed by atoms with Gasteiger partial charge in [0, 0.05) is 0 Å². The van der Waals surface area contributed by atoms with Gasteiger partial charge in [0.25, 0.3) is 0 Å². The van der Waals surface area contributed by atoms with Crippen LogP contribution in [0.15, 0.2) is 30.3 Å². The van der Waals surface area contributed by atoms with E-state index in [-0.39, 0.29) is 5.97 Å². The SMILES string of the molecule is CCC[C@@H](O)[C@@H](CCC)OC(=O)c1ccccc1. The second kappa shape index (κ2) is 7.88. The van der Waals surface area contributed by atoms with Crippen molar-refractivity contribution in [3.63, 3.8) is 0 Å². The maximum Gasteiger partial charge on any atom is 0.338 e. The van der Waals surface area contributed by atoms with E-state index in [1.165, 1.54) is 0 Å². The molecule has 18 heavy (non-hydrogen) atoms. The smallest absolute Gasteiger partial charge is 0.338 e. The van der Waals surface area contributed by atoms with E-state index in [2.05, 4.69) is 0 Å². The lowest BCUT2D eigenvalue weighted by Gasteiger charge is -2.22. The summed E-state index contributed by atoms with van der Waals surface area (Å²) in [5, 5.41) is 9.96. The quantitative estimate of drug-likeness (QED) is 0.756. The van der Waals surface area contributed by atoms with Gasteiger partial charge in [-0.25, -0.2) is 4.79 Å². The molecule has 1 aromatic carbocycles. The van der Waals surface area contributed by atoms with E-state index in [9.17, 15) is 9.90 Å². The lowest BCUT2D eigenvalue weighted by molar-refractivity contribution is -0.0245. The number of rotatable bonds is 7. The maximum atomic E-state index is 11.9. The second-order valence-electron chi connectivity index (χ2n) is 4.45. The van der Waals surface area contributed by atoms with Crippen molar-refractivity contribution in [3.8, 4) is 0 Å². The minimum Gasteiger partial charge on any atom is -0.456 e. The zero-order chi connectivity index (χ0) is 13.4. The van der Waals surface area contributed by atoms with Gasteiger partial charge in [-0.15, -0.1) is 0 Å². The van der Waals surface area contributed by atoms with Gasteiger partial charge in [-0.05, 0) is 25.0 Å². The van der Waals surface area contributed by atoms with Crippen molar-refractivity contribution in [2.75, 3.05) is 0 Å². The molecule has 0 fully saturated rings. The molecule has 100 valence electrons. The molecular weight excluding hydrogens is 228 g/mol. The molecule has 0 saturated heterocycles. The number of benzene rings is 1. The highest BCUT2D eigenvalue weighted by molar-refractivity contribution is 5.89. The fourth-order valence-electron chi connectivity index (χ4n) is 1.88. The molecule has 0 saturated carbocycles. The Kier molecular flexibility index (Phi) is 6.44. The van der Waals surface area contributed by atoms with Crippen LogP contribution < -0.4 is 0 Å².